The van der Waals surface area contributed by atoms with Gasteiger partial charge >= 0.3 is 23.0 Å². The molecule has 2 atom stereocenters. The van der Waals surface area contributed by atoms with Crippen molar-refractivity contribution in [3.05, 3.63) is 151 Å². The average Bonchev–Trinajstić information content (AvgIpc) is 3.60. The zero-order valence-electron chi connectivity index (χ0n) is 45.9. The first-order valence-corrected chi connectivity index (χ1v) is 30.3. The van der Waals surface area contributed by atoms with Crippen LogP contribution in [0.25, 0.3) is 0 Å². The Morgan fingerprint density at radius 3 is 0.797 bits per heavy atom. The fraction of sp³-hybridized carbons (Fsp3) is 0.281. The van der Waals surface area contributed by atoms with Crippen molar-refractivity contribution in [2.45, 2.75) is 76.2 Å². The van der Waals surface area contributed by atoms with Crippen LogP contribution in [0.15, 0.2) is 159 Å². The van der Waals surface area contributed by atoms with Gasteiger partial charge in [0.1, 0.15) is 34.5 Å². The Balaban J connectivity index is 1.54. The molecular formula is C57H67N8O11P3. The number of amides is 5. The molecule has 0 saturated carbocycles. The van der Waals surface area contributed by atoms with Gasteiger partial charge in [0.05, 0.1) is 0 Å². The molecule has 0 aromatic heterocycles. The van der Waals surface area contributed by atoms with E-state index >= 15 is 0 Å². The van der Waals surface area contributed by atoms with E-state index < -0.39 is 23.0 Å². The van der Waals surface area contributed by atoms with Gasteiger partial charge in [-0.1, -0.05) is 107 Å². The zero-order valence-corrected chi connectivity index (χ0v) is 48.6. The molecule has 5 amide bonds. The van der Waals surface area contributed by atoms with Crippen molar-refractivity contribution in [1.29, 1.82) is 0 Å². The highest BCUT2D eigenvalue weighted by Gasteiger charge is 2.49. The lowest BCUT2D eigenvalue weighted by molar-refractivity contribution is -0.119. The second kappa shape index (κ2) is 25.7. The lowest BCUT2D eigenvalue weighted by Gasteiger charge is -2.33. The maximum Gasteiger partial charge on any atom is 0.460 e. The molecular weight excluding hydrogens is 1070 g/mol. The molecule has 1 aliphatic rings. The number of hydrogen-bond acceptors (Lipinski definition) is 14. The molecule has 0 spiro atoms. The van der Waals surface area contributed by atoms with Gasteiger partial charge < -0.3 is 53.7 Å². The lowest BCUT2D eigenvalue weighted by atomic mass is 10.2. The maximum absolute atomic E-state index is 13.1. The summed E-state index contributed by atoms with van der Waals surface area (Å²) in [5, 5.41) is 14.5. The summed E-state index contributed by atoms with van der Waals surface area (Å²) in [7, 11) is -13.4. The van der Waals surface area contributed by atoms with Crippen LogP contribution >= 0.6 is 23.0 Å². The predicted octanol–water partition coefficient (Wildman–Crippen LogP) is 15.6. The Kier molecular flexibility index (Phi) is 19.2. The molecule has 0 radical (unpaired) electrons. The Bertz CT molecular complexity index is 3260. The van der Waals surface area contributed by atoms with Crippen molar-refractivity contribution in [1.82, 2.24) is 0 Å². The summed E-state index contributed by atoms with van der Waals surface area (Å²) in [5.74, 6) is -1.48. The number of benzene rings is 6. The van der Waals surface area contributed by atoms with Crippen LogP contribution in [0, 0.1) is 36.5 Å². The Morgan fingerprint density at radius 1 is 0.316 bits per heavy atom. The molecule has 79 heavy (non-hydrogen) atoms. The third-order valence-electron chi connectivity index (χ3n) is 11.3. The van der Waals surface area contributed by atoms with Gasteiger partial charge in [0.15, 0.2) is 0 Å². The number of nitrogens with zero attached hydrogens (tertiary/aromatic N) is 3. The van der Waals surface area contributed by atoms with Gasteiger partial charge in [-0.15, -0.1) is 0 Å². The minimum absolute atomic E-state index is 0.136. The first-order chi connectivity index (χ1) is 37.5. The van der Waals surface area contributed by atoms with E-state index in [1.165, 1.54) is 0 Å². The highest BCUT2D eigenvalue weighted by molar-refractivity contribution is 7.79. The largest absolute Gasteiger partial charge is 0.460 e. The van der Waals surface area contributed by atoms with E-state index in [0.29, 0.717) is 28.4 Å². The van der Waals surface area contributed by atoms with Crippen molar-refractivity contribution in [2.75, 3.05) is 26.6 Å². The minimum atomic E-state index is -4.50. The van der Waals surface area contributed by atoms with Crippen LogP contribution in [0.1, 0.15) is 74.8 Å². The summed E-state index contributed by atoms with van der Waals surface area (Å²) in [6, 6.07) is 39.9. The molecule has 416 valence electrons. The fourth-order valence-electron chi connectivity index (χ4n) is 6.64. The molecule has 1 aliphatic heterocycles. The summed E-state index contributed by atoms with van der Waals surface area (Å²) in [4.78, 5) is 64.3. The molecule has 0 aliphatic carbocycles. The van der Waals surface area contributed by atoms with E-state index in [-0.39, 0.29) is 93.6 Å². The molecule has 0 fully saturated rings. The van der Waals surface area contributed by atoms with E-state index in [1.807, 2.05) is 19.1 Å². The fourth-order valence-corrected chi connectivity index (χ4v) is 15.7. The summed E-state index contributed by atoms with van der Waals surface area (Å²) in [5.41, 5.74) is 3.26. The zero-order chi connectivity index (χ0) is 57.1. The van der Waals surface area contributed by atoms with Gasteiger partial charge in [0, 0.05) is 64.1 Å². The first kappa shape index (κ1) is 58.8. The molecule has 1 heterocycles. The summed E-state index contributed by atoms with van der Waals surface area (Å²) in [6.07, 6.45) is 0. The quantitative estimate of drug-likeness (QED) is 0.0401. The van der Waals surface area contributed by atoms with E-state index in [0.717, 1.165) is 5.56 Å². The van der Waals surface area contributed by atoms with Gasteiger partial charge in [0.25, 0.3) is 0 Å². The molecule has 19 nitrogen and oxygen atoms in total. The third-order valence-corrected chi connectivity index (χ3v) is 19.4. The van der Waals surface area contributed by atoms with Gasteiger partial charge in [0.2, 0.25) is 29.5 Å². The number of carbonyl (C=O) groups excluding carboxylic acids is 5. The number of rotatable bonds is 22. The first-order valence-electron chi connectivity index (χ1n) is 25.7. The molecule has 7 rings (SSSR count). The standard InChI is InChI=1S/C57H67N8O11P3/c1-36(2)53(66)58-42-17-27-48(28-18-42)72-77(71-47-25-15-41(11)16-26-47)63-78(73-49-29-19-43(20-30-49)59-54(67)37(3)4,74-50-31-21-44(22-32-50)60-55(68)38(5)6)65-79(64-77,75-51-33-23-45(24-34-51)61-56(69)39(7)8)76-52-14-12-13-46(35-52)62-57(70)40(9)10/h12-40H,1-11H3,(H,58,66)(H,59,67)(H,60,68)(H,61,69)(H,62,70). The van der Waals surface area contributed by atoms with Crippen LogP contribution in [0.3, 0.4) is 0 Å². The summed E-state index contributed by atoms with van der Waals surface area (Å²) in [6.45, 7) is 19.7. The lowest BCUT2D eigenvalue weighted by Crippen LogP contribution is -2.17. The number of hydrogen-bond donors (Lipinski definition) is 5. The number of nitrogens with one attached hydrogen (secondary N) is 5. The Morgan fingerprint density at radius 2 is 0.544 bits per heavy atom. The SMILES string of the molecule is Cc1ccc(OP2(Oc3ccc(NC(=O)C(C)C)cc3)=NP(Oc3ccc(NC(=O)C(C)C)cc3)(Oc3ccc(NC(=O)C(C)C)cc3)=NP(Oc3ccc(NC(=O)C(C)C)cc3)(Oc3cccc(NC(=O)C(C)C)c3)=N2)cc1. The molecule has 6 aromatic carbocycles. The van der Waals surface area contributed by atoms with Crippen LogP contribution in [0.5, 0.6) is 34.5 Å². The topological polar surface area (TPSA) is 238 Å². The average molecular weight is 1130 g/mol. The third kappa shape index (κ3) is 16.6. The van der Waals surface area contributed by atoms with E-state index in [1.54, 1.807) is 203 Å². The second-order valence-electron chi connectivity index (χ2n) is 19.9. The number of carbonyl (C=O) groups is 5. The van der Waals surface area contributed by atoms with Gasteiger partial charge in [-0.25, -0.2) is 0 Å². The molecule has 2 unspecified atom stereocenters. The van der Waals surface area contributed by atoms with Gasteiger partial charge in [-0.05, 0) is 128 Å². The smallest absolute Gasteiger partial charge is 0.413 e. The van der Waals surface area contributed by atoms with Crippen molar-refractivity contribution in [3.8, 4) is 34.5 Å². The highest BCUT2D eigenvalue weighted by Crippen LogP contribution is 2.78. The van der Waals surface area contributed by atoms with Crippen molar-refractivity contribution in [3.63, 3.8) is 0 Å². The van der Waals surface area contributed by atoms with Crippen molar-refractivity contribution >= 4 is 80.9 Å². The van der Waals surface area contributed by atoms with Gasteiger partial charge in [-0.3, -0.25) is 24.0 Å². The summed E-state index contributed by atoms with van der Waals surface area (Å²) >= 11 is 0. The van der Waals surface area contributed by atoms with Crippen molar-refractivity contribution in [2.24, 2.45) is 43.1 Å². The van der Waals surface area contributed by atoms with Crippen LogP contribution in [0.4, 0.5) is 28.4 Å². The van der Waals surface area contributed by atoms with Crippen LogP contribution < -0.4 is 53.7 Å². The van der Waals surface area contributed by atoms with Gasteiger partial charge in [-0.2, -0.15) is 0 Å². The van der Waals surface area contributed by atoms with E-state index in [2.05, 4.69) is 26.6 Å². The molecule has 0 bridgehead atoms. The summed E-state index contributed by atoms with van der Waals surface area (Å²) < 4.78 is 58.1. The van der Waals surface area contributed by atoms with E-state index in [4.69, 9.17) is 40.7 Å². The minimum Gasteiger partial charge on any atom is -0.413 e. The normalized spacial score (nSPS) is 16.4. The predicted molar refractivity (Wildman–Crippen MR) is 313 cm³/mol. The van der Waals surface area contributed by atoms with Crippen LogP contribution in [-0.2, 0) is 24.0 Å². The molecule has 5 N–H and O–H groups in total. The number of anilines is 5. The highest BCUT2D eigenvalue weighted by atomic mass is 31.3. The molecule has 22 heteroatoms. The number of aryl methyl sites for hydroxylation is 1. The van der Waals surface area contributed by atoms with Crippen molar-refractivity contribution < 1.29 is 51.1 Å². The monoisotopic (exact) mass is 1130 g/mol. The Hall–Kier alpha value is -7.84. The van der Waals surface area contributed by atoms with Crippen LogP contribution in [0.2, 0.25) is 0 Å². The maximum atomic E-state index is 13.1. The van der Waals surface area contributed by atoms with Crippen LogP contribution in [-0.4, -0.2) is 29.5 Å². The van der Waals surface area contributed by atoms with E-state index in [9.17, 15) is 24.0 Å². The Labute approximate surface area is 461 Å². The second-order valence-corrected chi connectivity index (χ2v) is 26.1. The molecule has 6 aromatic rings. The molecule has 0 saturated heterocycles.